The molecule has 1 amide bonds. The third kappa shape index (κ3) is 3.47. The van der Waals surface area contributed by atoms with Gasteiger partial charge in [0, 0.05) is 5.39 Å². The maximum atomic E-state index is 12.8. The number of hydrogen-bond acceptors (Lipinski definition) is 7. The fraction of sp³-hybridized carbons (Fsp3) is 0.316. The van der Waals surface area contributed by atoms with Gasteiger partial charge >= 0.3 is 0 Å². The van der Waals surface area contributed by atoms with Crippen LogP contribution in [0, 0.1) is 6.92 Å². The number of nitrogens with one attached hydrogen (secondary N) is 1. The number of para-hydroxylation sites is 1. The smallest absolute Gasteiger partial charge is 0.239 e. The molecule has 7 nitrogen and oxygen atoms in total. The van der Waals surface area contributed by atoms with Crippen molar-refractivity contribution < 1.29 is 4.79 Å². The number of amides is 1. The summed E-state index contributed by atoms with van der Waals surface area (Å²) in [6.45, 7) is 6.07. The van der Waals surface area contributed by atoms with Gasteiger partial charge in [0.25, 0.3) is 0 Å². The van der Waals surface area contributed by atoms with Crippen LogP contribution >= 0.6 is 23.1 Å². The van der Waals surface area contributed by atoms with Crippen LogP contribution in [0.2, 0.25) is 0 Å². The third-order valence-corrected chi connectivity index (χ3v) is 6.77. The Bertz CT molecular complexity index is 1150. The monoisotopic (exact) mass is 412 g/mol. The molecule has 0 bridgehead atoms. The molecule has 28 heavy (non-hydrogen) atoms. The molecule has 0 radical (unpaired) electrons. The minimum absolute atomic E-state index is 0.0977. The van der Waals surface area contributed by atoms with Crippen molar-refractivity contribution in [3.05, 3.63) is 40.9 Å². The maximum absolute atomic E-state index is 12.8. The molecule has 4 rings (SSSR count). The van der Waals surface area contributed by atoms with E-state index in [0.717, 1.165) is 33.5 Å². The summed E-state index contributed by atoms with van der Waals surface area (Å²) in [5, 5.41) is 22.6. The molecule has 0 spiro atoms. The zero-order chi connectivity index (χ0) is 19.7. The lowest BCUT2D eigenvalue weighted by molar-refractivity contribution is -0.115. The first kappa shape index (κ1) is 18.8. The standard InChI is InChI=1S/C19H20N6OS2/c1-4-14(17(26)20-18-23-22-16(5-2)28-18)27-19-24-21-15-10-11(3)12-8-6-7-9-13(12)25(15)19/h6-10,14H,4-5H2,1-3H3,(H,20,23,26). The summed E-state index contributed by atoms with van der Waals surface area (Å²) in [6, 6.07) is 10.2. The number of nitrogens with zero attached hydrogens (tertiary/aromatic N) is 5. The average molecular weight is 413 g/mol. The first-order valence-corrected chi connectivity index (χ1v) is 10.8. The molecule has 0 aliphatic rings. The molecule has 1 unspecified atom stereocenters. The number of pyridine rings is 1. The van der Waals surface area contributed by atoms with E-state index in [-0.39, 0.29) is 11.2 Å². The third-order valence-electron chi connectivity index (χ3n) is 4.48. The molecule has 4 aromatic rings. The largest absolute Gasteiger partial charge is 0.300 e. The molecule has 144 valence electrons. The molecule has 0 aliphatic heterocycles. The van der Waals surface area contributed by atoms with E-state index >= 15 is 0 Å². The van der Waals surface area contributed by atoms with Crippen LogP contribution in [-0.4, -0.2) is 36.0 Å². The quantitative estimate of drug-likeness (QED) is 0.480. The van der Waals surface area contributed by atoms with Crippen molar-refractivity contribution in [2.24, 2.45) is 0 Å². The highest BCUT2D eigenvalue weighted by Crippen LogP contribution is 2.30. The summed E-state index contributed by atoms with van der Waals surface area (Å²) in [5.74, 6) is -0.0977. The number of benzene rings is 1. The van der Waals surface area contributed by atoms with Gasteiger partial charge in [-0.05, 0) is 37.5 Å². The van der Waals surface area contributed by atoms with Crippen LogP contribution in [0.1, 0.15) is 30.8 Å². The van der Waals surface area contributed by atoms with Gasteiger partial charge in [0.2, 0.25) is 11.0 Å². The highest BCUT2D eigenvalue weighted by Gasteiger charge is 2.23. The van der Waals surface area contributed by atoms with Crippen molar-refractivity contribution in [1.82, 2.24) is 24.8 Å². The summed E-state index contributed by atoms with van der Waals surface area (Å²) in [5.41, 5.74) is 2.97. The lowest BCUT2D eigenvalue weighted by Crippen LogP contribution is -2.24. The van der Waals surface area contributed by atoms with E-state index in [9.17, 15) is 4.79 Å². The molecule has 3 aromatic heterocycles. The lowest BCUT2D eigenvalue weighted by Gasteiger charge is -2.13. The van der Waals surface area contributed by atoms with Crippen LogP contribution in [0.5, 0.6) is 0 Å². The number of aryl methyl sites for hydroxylation is 2. The number of aromatic nitrogens is 5. The van der Waals surface area contributed by atoms with Gasteiger partial charge in [-0.1, -0.05) is 55.1 Å². The average Bonchev–Trinajstić information content (AvgIpc) is 3.33. The first-order valence-electron chi connectivity index (χ1n) is 9.14. The van der Waals surface area contributed by atoms with Gasteiger partial charge in [-0.15, -0.1) is 20.4 Å². The fourth-order valence-corrected chi connectivity index (χ4v) is 4.69. The first-order chi connectivity index (χ1) is 13.6. The van der Waals surface area contributed by atoms with Crippen molar-refractivity contribution in [3.8, 4) is 0 Å². The Morgan fingerprint density at radius 2 is 2.04 bits per heavy atom. The number of carbonyl (C=O) groups excluding carboxylic acids is 1. The van der Waals surface area contributed by atoms with E-state index in [0.29, 0.717) is 16.7 Å². The molecule has 1 aromatic carbocycles. The van der Waals surface area contributed by atoms with Gasteiger partial charge in [-0.25, -0.2) is 0 Å². The van der Waals surface area contributed by atoms with E-state index in [2.05, 4.69) is 44.8 Å². The van der Waals surface area contributed by atoms with E-state index in [4.69, 9.17) is 0 Å². The Kier molecular flexibility index (Phi) is 5.27. The number of anilines is 1. The summed E-state index contributed by atoms with van der Waals surface area (Å²) in [6.07, 6.45) is 1.46. The predicted octanol–water partition coefficient (Wildman–Crippen LogP) is 4.11. The van der Waals surface area contributed by atoms with Crippen molar-refractivity contribution in [3.63, 3.8) is 0 Å². The van der Waals surface area contributed by atoms with Crippen LogP contribution in [0.15, 0.2) is 35.5 Å². The van der Waals surface area contributed by atoms with Gasteiger partial charge in [-0.2, -0.15) is 0 Å². The number of rotatable bonds is 6. The van der Waals surface area contributed by atoms with Crippen LogP contribution < -0.4 is 5.32 Å². The second kappa shape index (κ2) is 7.84. The number of thioether (sulfide) groups is 1. The number of carbonyl (C=O) groups is 1. The van der Waals surface area contributed by atoms with Gasteiger partial charge in [0.15, 0.2) is 10.8 Å². The van der Waals surface area contributed by atoms with E-state index in [1.54, 1.807) is 0 Å². The normalized spacial score (nSPS) is 12.5. The molecule has 9 heteroatoms. The Morgan fingerprint density at radius 3 is 2.79 bits per heavy atom. The maximum Gasteiger partial charge on any atom is 0.239 e. The summed E-state index contributed by atoms with van der Waals surface area (Å²) >= 11 is 2.83. The summed E-state index contributed by atoms with van der Waals surface area (Å²) in [7, 11) is 0. The van der Waals surface area contributed by atoms with Crippen LogP contribution in [-0.2, 0) is 11.2 Å². The van der Waals surface area contributed by atoms with E-state index in [1.807, 2.05) is 36.4 Å². The SMILES string of the molecule is CCc1nnc(NC(=O)C(CC)Sc2nnc3cc(C)c4ccccc4n23)s1. The molecule has 1 N–H and O–H groups in total. The molecule has 3 heterocycles. The number of hydrogen-bond donors (Lipinski definition) is 1. The zero-order valence-electron chi connectivity index (χ0n) is 15.8. The molecule has 1 atom stereocenters. The van der Waals surface area contributed by atoms with Crippen LogP contribution in [0.3, 0.4) is 0 Å². The van der Waals surface area contributed by atoms with Crippen molar-refractivity contribution >= 4 is 50.7 Å². The van der Waals surface area contributed by atoms with Crippen LogP contribution in [0.4, 0.5) is 5.13 Å². The Hall–Kier alpha value is -2.52. The van der Waals surface area contributed by atoms with Crippen molar-refractivity contribution in [2.75, 3.05) is 5.32 Å². The molecule has 0 fully saturated rings. The van der Waals surface area contributed by atoms with Gasteiger partial charge in [-0.3, -0.25) is 14.5 Å². The Balaban J connectivity index is 1.64. The second-order valence-electron chi connectivity index (χ2n) is 6.38. The van der Waals surface area contributed by atoms with Crippen molar-refractivity contribution in [1.29, 1.82) is 0 Å². The predicted molar refractivity (Wildman–Crippen MR) is 113 cm³/mol. The van der Waals surface area contributed by atoms with Gasteiger partial charge < -0.3 is 0 Å². The molecule has 0 aliphatic carbocycles. The highest BCUT2D eigenvalue weighted by molar-refractivity contribution is 8.00. The summed E-state index contributed by atoms with van der Waals surface area (Å²) < 4.78 is 2.02. The Morgan fingerprint density at radius 1 is 1.21 bits per heavy atom. The lowest BCUT2D eigenvalue weighted by atomic mass is 10.1. The Labute approximate surface area is 170 Å². The minimum atomic E-state index is -0.304. The highest BCUT2D eigenvalue weighted by atomic mass is 32.2. The fourth-order valence-electron chi connectivity index (χ4n) is 3.03. The topological polar surface area (TPSA) is 85.1 Å². The second-order valence-corrected chi connectivity index (χ2v) is 8.61. The van der Waals surface area contributed by atoms with Crippen LogP contribution in [0.25, 0.3) is 16.6 Å². The van der Waals surface area contributed by atoms with E-state index < -0.39 is 0 Å². The molecular formula is C19H20N6OS2. The van der Waals surface area contributed by atoms with E-state index in [1.165, 1.54) is 23.1 Å². The number of fused-ring (bicyclic) bond motifs is 3. The minimum Gasteiger partial charge on any atom is -0.300 e. The molecule has 0 saturated heterocycles. The van der Waals surface area contributed by atoms with Gasteiger partial charge in [0.05, 0.1) is 10.8 Å². The molecule has 0 saturated carbocycles. The van der Waals surface area contributed by atoms with Gasteiger partial charge in [0.1, 0.15) is 5.01 Å². The molecular weight excluding hydrogens is 392 g/mol. The summed E-state index contributed by atoms with van der Waals surface area (Å²) in [4.78, 5) is 12.8. The van der Waals surface area contributed by atoms with Crippen molar-refractivity contribution in [2.45, 2.75) is 44.0 Å². The zero-order valence-corrected chi connectivity index (χ0v) is 17.5.